The van der Waals surface area contributed by atoms with Gasteiger partial charge in [-0.2, -0.15) is 5.26 Å². The summed E-state index contributed by atoms with van der Waals surface area (Å²) in [5.74, 6) is 0.666. The van der Waals surface area contributed by atoms with E-state index in [1.807, 2.05) is 18.2 Å². The molecule has 0 spiro atoms. The predicted octanol–water partition coefficient (Wildman–Crippen LogP) is 3.76. The molecule has 0 atom stereocenters. The molecular weight excluding hydrogens is 298 g/mol. The second-order valence-electron chi connectivity index (χ2n) is 7.09. The fourth-order valence-corrected chi connectivity index (χ4v) is 3.16. The molecule has 1 N–H and O–H groups in total. The third kappa shape index (κ3) is 3.46. The molecule has 24 heavy (non-hydrogen) atoms. The summed E-state index contributed by atoms with van der Waals surface area (Å²) in [6, 6.07) is 14.0. The van der Waals surface area contributed by atoms with Crippen LogP contribution in [0.5, 0.6) is 0 Å². The van der Waals surface area contributed by atoms with Crippen molar-refractivity contribution in [1.82, 2.24) is 4.98 Å². The van der Waals surface area contributed by atoms with Crippen LogP contribution in [-0.2, 0) is 12.8 Å². The van der Waals surface area contributed by atoms with Crippen LogP contribution in [0.2, 0.25) is 0 Å². The van der Waals surface area contributed by atoms with Crippen molar-refractivity contribution in [3.8, 4) is 6.07 Å². The molecule has 122 valence electrons. The van der Waals surface area contributed by atoms with Gasteiger partial charge < -0.3 is 5.32 Å². The maximum Gasteiger partial charge on any atom is 0.165 e. The number of benzene rings is 1. The van der Waals surface area contributed by atoms with Gasteiger partial charge in [-0.3, -0.25) is 4.79 Å². The van der Waals surface area contributed by atoms with Gasteiger partial charge in [0.05, 0.1) is 11.3 Å². The molecule has 0 fully saturated rings. The van der Waals surface area contributed by atoms with Gasteiger partial charge in [-0.25, -0.2) is 4.98 Å². The van der Waals surface area contributed by atoms with E-state index in [1.54, 1.807) is 6.07 Å². The highest BCUT2D eigenvalue weighted by Crippen LogP contribution is 2.35. The normalized spacial score (nSPS) is 15.5. The van der Waals surface area contributed by atoms with Crippen LogP contribution < -0.4 is 5.32 Å². The number of hydrogen-bond acceptors (Lipinski definition) is 4. The largest absolute Gasteiger partial charge is 0.369 e. The number of anilines is 1. The monoisotopic (exact) mass is 319 g/mol. The fraction of sp³-hybridized carbons (Fsp3) is 0.350. The number of aromatic nitrogens is 1. The first kappa shape index (κ1) is 16.2. The summed E-state index contributed by atoms with van der Waals surface area (Å²) in [6.45, 7) is 4.86. The summed E-state index contributed by atoms with van der Waals surface area (Å²) < 4.78 is 0. The fourth-order valence-electron chi connectivity index (χ4n) is 3.16. The number of nitrogens with zero attached hydrogens (tertiary/aromatic N) is 2. The Bertz CT molecular complexity index is 804. The molecule has 0 bridgehead atoms. The Kier molecular flexibility index (Phi) is 4.35. The number of pyridine rings is 1. The molecule has 0 unspecified atom stereocenters. The molecule has 0 amide bonds. The van der Waals surface area contributed by atoms with Gasteiger partial charge in [-0.1, -0.05) is 44.2 Å². The second kappa shape index (κ2) is 6.45. The summed E-state index contributed by atoms with van der Waals surface area (Å²) >= 11 is 0. The lowest BCUT2D eigenvalue weighted by Gasteiger charge is -2.29. The minimum atomic E-state index is -0.0768. The minimum absolute atomic E-state index is 0.0768. The van der Waals surface area contributed by atoms with Crippen LogP contribution in [0.4, 0.5) is 5.82 Å². The van der Waals surface area contributed by atoms with E-state index >= 15 is 0 Å². The molecule has 2 aromatic rings. The zero-order chi connectivity index (χ0) is 17.2. The lowest BCUT2D eigenvalue weighted by atomic mass is 9.75. The van der Waals surface area contributed by atoms with Crippen LogP contribution in [0, 0.1) is 16.7 Å². The minimum Gasteiger partial charge on any atom is -0.369 e. The first-order valence-electron chi connectivity index (χ1n) is 8.23. The lowest BCUT2D eigenvalue weighted by molar-refractivity contribution is 0.0910. The number of Topliss-reactive ketones (excluding diaryl/α,β-unsaturated/α-hetero) is 1. The number of nitrogens with one attached hydrogen (secondary N) is 1. The average molecular weight is 319 g/mol. The molecular formula is C20H21N3O. The van der Waals surface area contributed by atoms with Crippen LogP contribution in [-0.4, -0.2) is 17.3 Å². The van der Waals surface area contributed by atoms with Crippen molar-refractivity contribution in [2.24, 2.45) is 5.41 Å². The van der Waals surface area contributed by atoms with Gasteiger partial charge in [-0.05, 0) is 29.9 Å². The van der Waals surface area contributed by atoms with Gasteiger partial charge in [0.25, 0.3) is 0 Å². The Morgan fingerprint density at radius 2 is 2.00 bits per heavy atom. The Hall–Kier alpha value is -2.67. The molecule has 1 heterocycles. The smallest absolute Gasteiger partial charge is 0.165 e. The van der Waals surface area contributed by atoms with Gasteiger partial charge in [0.2, 0.25) is 0 Å². The molecule has 4 heteroatoms. The topological polar surface area (TPSA) is 65.8 Å². The highest BCUT2D eigenvalue weighted by Gasteiger charge is 2.32. The maximum absolute atomic E-state index is 12.3. The van der Waals surface area contributed by atoms with E-state index in [0.29, 0.717) is 29.9 Å². The molecule has 1 aromatic carbocycles. The predicted molar refractivity (Wildman–Crippen MR) is 94.0 cm³/mol. The molecule has 3 rings (SSSR count). The summed E-state index contributed by atoms with van der Waals surface area (Å²) in [7, 11) is 0. The SMILES string of the molecule is CC1(C)CC(=O)c2cc(C#N)c(NCCc3ccccc3)nc2C1. The molecule has 0 aliphatic heterocycles. The van der Waals surface area contributed by atoms with Crippen molar-refractivity contribution in [1.29, 1.82) is 5.26 Å². The Morgan fingerprint density at radius 3 is 2.71 bits per heavy atom. The third-order valence-electron chi connectivity index (χ3n) is 4.36. The number of fused-ring (bicyclic) bond motifs is 1. The third-order valence-corrected chi connectivity index (χ3v) is 4.36. The zero-order valence-electron chi connectivity index (χ0n) is 14.1. The van der Waals surface area contributed by atoms with Gasteiger partial charge in [0, 0.05) is 18.5 Å². The first-order chi connectivity index (χ1) is 11.5. The molecule has 1 aliphatic rings. The van der Waals surface area contributed by atoms with Crippen molar-refractivity contribution in [2.45, 2.75) is 33.1 Å². The van der Waals surface area contributed by atoms with Crippen LogP contribution >= 0.6 is 0 Å². The van der Waals surface area contributed by atoms with Crippen molar-refractivity contribution < 1.29 is 4.79 Å². The van der Waals surface area contributed by atoms with Gasteiger partial charge in [-0.15, -0.1) is 0 Å². The molecule has 4 nitrogen and oxygen atoms in total. The summed E-state index contributed by atoms with van der Waals surface area (Å²) in [5, 5.41) is 12.6. The first-order valence-corrected chi connectivity index (χ1v) is 8.23. The number of hydrogen-bond donors (Lipinski definition) is 1. The summed E-state index contributed by atoms with van der Waals surface area (Å²) in [4.78, 5) is 16.9. The van der Waals surface area contributed by atoms with Gasteiger partial charge in [0.1, 0.15) is 11.9 Å². The van der Waals surface area contributed by atoms with Crippen LogP contribution in [0.25, 0.3) is 0 Å². The van der Waals surface area contributed by atoms with Crippen molar-refractivity contribution >= 4 is 11.6 Å². The number of ketones is 1. The van der Waals surface area contributed by atoms with Crippen molar-refractivity contribution in [3.63, 3.8) is 0 Å². The van der Waals surface area contributed by atoms with E-state index < -0.39 is 0 Å². The van der Waals surface area contributed by atoms with E-state index in [4.69, 9.17) is 0 Å². The van der Waals surface area contributed by atoms with Gasteiger partial charge in [0.15, 0.2) is 5.78 Å². The molecule has 1 aliphatic carbocycles. The second-order valence-corrected chi connectivity index (χ2v) is 7.09. The van der Waals surface area contributed by atoms with Crippen molar-refractivity contribution in [3.05, 3.63) is 58.8 Å². The molecule has 0 radical (unpaired) electrons. The number of rotatable bonds is 4. The summed E-state index contributed by atoms with van der Waals surface area (Å²) in [5.41, 5.74) is 3.01. The van der Waals surface area contributed by atoms with Gasteiger partial charge >= 0.3 is 0 Å². The number of carbonyl (C=O) groups is 1. The van der Waals surface area contributed by atoms with E-state index in [1.165, 1.54) is 5.56 Å². The van der Waals surface area contributed by atoms with Crippen LogP contribution in [0.1, 0.15) is 47.4 Å². The van der Waals surface area contributed by atoms with Crippen molar-refractivity contribution in [2.75, 3.05) is 11.9 Å². The molecule has 0 saturated heterocycles. The number of nitriles is 1. The van der Waals surface area contributed by atoms with Crippen LogP contribution in [0.15, 0.2) is 36.4 Å². The zero-order valence-corrected chi connectivity index (χ0v) is 14.1. The number of carbonyl (C=O) groups excluding carboxylic acids is 1. The Morgan fingerprint density at radius 1 is 1.25 bits per heavy atom. The summed E-state index contributed by atoms with van der Waals surface area (Å²) in [6.07, 6.45) is 2.12. The van der Waals surface area contributed by atoms with E-state index in [2.05, 4.69) is 42.4 Å². The van der Waals surface area contributed by atoms with E-state index in [0.717, 1.165) is 18.5 Å². The highest BCUT2D eigenvalue weighted by atomic mass is 16.1. The quantitative estimate of drug-likeness (QED) is 0.931. The average Bonchev–Trinajstić information content (AvgIpc) is 2.54. The Labute approximate surface area is 142 Å². The highest BCUT2D eigenvalue weighted by molar-refractivity contribution is 5.99. The van der Waals surface area contributed by atoms with E-state index in [-0.39, 0.29) is 11.2 Å². The molecule has 1 aromatic heterocycles. The van der Waals surface area contributed by atoms with E-state index in [9.17, 15) is 10.1 Å². The molecule has 0 saturated carbocycles. The lowest BCUT2D eigenvalue weighted by Crippen LogP contribution is -2.28. The standard InChI is InChI=1S/C20H21N3O/c1-20(2)11-17-16(18(24)12-20)10-15(13-21)19(23-17)22-9-8-14-6-4-3-5-7-14/h3-7,10H,8-9,11-12H2,1-2H3,(H,22,23). The Balaban J connectivity index is 1.81. The van der Waals surface area contributed by atoms with Crippen LogP contribution in [0.3, 0.4) is 0 Å². The maximum atomic E-state index is 12.3.